The Balaban J connectivity index is 1.94. The number of pyridine rings is 1. The van der Waals surface area contributed by atoms with Gasteiger partial charge in [0.1, 0.15) is 5.69 Å². The maximum atomic E-state index is 11.7. The fraction of sp³-hybridized carbons (Fsp3) is 0.300. The molecule has 0 spiro atoms. The molecule has 2 rings (SSSR count). The van der Waals surface area contributed by atoms with Crippen molar-refractivity contribution in [1.82, 2.24) is 15.7 Å². The number of thioether (sulfide) groups is 1. The lowest BCUT2D eigenvalue weighted by Crippen LogP contribution is -2.28. The average molecular weight is 236 g/mol. The minimum atomic E-state index is -0.231. The van der Waals surface area contributed by atoms with Gasteiger partial charge in [0.25, 0.3) is 5.91 Å². The SMILES string of the molecule is CCC1NN=C(NC(=O)c2ccccn2)S1. The zero-order valence-corrected chi connectivity index (χ0v) is 9.62. The van der Waals surface area contributed by atoms with E-state index in [2.05, 4.69) is 27.8 Å². The normalized spacial score (nSPS) is 18.8. The molecular weight excluding hydrogens is 224 g/mol. The number of hydrogen-bond acceptors (Lipinski definition) is 5. The van der Waals surface area contributed by atoms with Gasteiger partial charge in [0.15, 0.2) is 5.17 Å². The highest BCUT2D eigenvalue weighted by atomic mass is 32.2. The molecule has 0 saturated carbocycles. The summed E-state index contributed by atoms with van der Waals surface area (Å²) in [7, 11) is 0. The van der Waals surface area contributed by atoms with Crippen LogP contribution in [-0.4, -0.2) is 21.4 Å². The van der Waals surface area contributed by atoms with E-state index in [1.54, 1.807) is 24.4 Å². The zero-order chi connectivity index (χ0) is 11.4. The van der Waals surface area contributed by atoms with Gasteiger partial charge >= 0.3 is 0 Å². The van der Waals surface area contributed by atoms with Crippen LogP contribution in [0, 0.1) is 0 Å². The van der Waals surface area contributed by atoms with E-state index in [4.69, 9.17) is 0 Å². The molecule has 0 aromatic carbocycles. The Bertz CT molecular complexity index is 407. The largest absolute Gasteiger partial charge is 0.298 e. The van der Waals surface area contributed by atoms with Crippen LogP contribution in [0.5, 0.6) is 0 Å². The van der Waals surface area contributed by atoms with Gasteiger partial charge in [0, 0.05) is 6.20 Å². The molecule has 6 heteroatoms. The molecule has 1 aliphatic rings. The lowest BCUT2D eigenvalue weighted by Gasteiger charge is -2.04. The average Bonchev–Trinajstić information content (AvgIpc) is 2.78. The number of hydrazone groups is 1. The summed E-state index contributed by atoms with van der Waals surface area (Å²) in [5.41, 5.74) is 3.32. The summed E-state index contributed by atoms with van der Waals surface area (Å²) in [5.74, 6) is -0.231. The maximum absolute atomic E-state index is 11.7. The predicted molar refractivity (Wildman–Crippen MR) is 63.9 cm³/mol. The first kappa shape index (κ1) is 10.9. The molecule has 2 heterocycles. The second-order valence-electron chi connectivity index (χ2n) is 3.23. The topological polar surface area (TPSA) is 66.4 Å². The van der Waals surface area contributed by atoms with Gasteiger partial charge in [-0.25, -0.2) is 0 Å². The number of aromatic nitrogens is 1. The summed E-state index contributed by atoms with van der Waals surface area (Å²) in [6.07, 6.45) is 2.54. The maximum Gasteiger partial charge on any atom is 0.275 e. The standard InChI is InChI=1S/C10H12N4OS/c1-2-8-13-14-10(16-8)12-9(15)7-5-3-4-6-11-7/h3-6,8,13H,2H2,1H3,(H,12,14,15). The van der Waals surface area contributed by atoms with Gasteiger partial charge in [-0.3, -0.25) is 20.5 Å². The van der Waals surface area contributed by atoms with Crippen molar-refractivity contribution >= 4 is 22.8 Å². The molecule has 2 N–H and O–H groups in total. The van der Waals surface area contributed by atoms with Gasteiger partial charge < -0.3 is 0 Å². The van der Waals surface area contributed by atoms with Crippen LogP contribution in [0.25, 0.3) is 0 Å². The monoisotopic (exact) mass is 236 g/mol. The Morgan fingerprint density at radius 2 is 2.50 bits per heavy atom. The van der Waals surface area contributed by atoms with Crippen LogP contribution >= 0.6 is 11.8 Å². The molecule has 1 amide bonds. The van der Waals surface area contributed by atoms with Crippen molar-refractivity contribution in [2.24, 2.45) is 5.10 Å². The second kappa shape index (κ2) is 4.98. The fourth-order valence-corrected chi connectivity index (χ4v) is 2.01. The summed E-state index contributed by atoms with van der Waals surface area (Å²) in [6.45, 7) is 2.06. The molecule has 0 bridgehead atoms. The number of hydrogen-bond donors (Lipinski definition) is 2. The molecule has 0 aliphatic carbocycles. The molecule has 1 aromatic rings. The van der Waals surface area contributed by atoms with Gasteiger partial charge in [-0.2, -0.15) is 5.10 Å². The quantitative estimate of drug-likeness (QED) is 0.808. The minimum Gasteiger partial charge on any atom is -0.298 e. The fourth-order valence-electron chi connectivity index (χ4n) is 1.21. The van der Waals surface area contributed by atoms with Crippen molar-refractivity contribution in [3.05, 3.63) is 30.1 Å². The van der Waals surface area contributed by atoms with Gasteiger partial charge in [-0.15, -0.1) is 0 Å². The first-order chi connectivity index (χ1) is 7.79. The Hall–Kier alpha value is -1.56. The molecule has 0 radical (unpaired) electrons. The van der Waals surface area contributed by atoms with Crippen molar-refractivity contribution in [2.75, 3.05) is 0 Å². The zero-order valence-electron chi connectivity index (χ0n) is 8.80. The Kier molecular flexibility index (Phi) is 3.40. The Morgan fingerprint density at radius 3 is 3.12 bits per heavy atom. The summed E-state index contributed by atoms with van der Waals surface area (Å²) < 4.78 is 0. The van der Waals surface area contributed by atoms with E-state index in [0.717, 1.165) is 6.42 Å². The molecule has 1 unspecified atom stereocenters. The van der Waals surface area contributed by atoms with Crippen LogP contribution in [0.1, 0.15) is 23.8 Å². The van der Waals surface area contributed by atoms with Crippen LogP contribution in [0.3, 0.4) is 0 Å². The van der Waals surface area contributed by atoms with E-state index in [0.29, 0.717) is 10.9 Å². The third-order valence-corrected chi connectivity index (χ3v) is 3.19. The summed E-state index contributed by atoms with van der Waals surface area (Å²) >= 11 is 1.51. The van der Waals surface area contributed by atoms with Gasteiger partial charge in [0.2, 0.25) is 0 Å². The Labute approximate surface area is 97.7 Å². The highest BCUT2D eigenvalue weighted by Crippen LogP contribution is 2.17. The molecule has 0 fully saturated rings. The number of amidine groups is 1. The highest BCUT2D eigenvalue weighted by Gasteiger charge is 2.19. The summed E-state index contributed by atoms with van der Waals surface area (Å²) in [5, 5.41) is 7.58. The van der Waals surface area contributed by atoms with Crippen molar-refractivity contribution in [2.45, 2.75) is 18.7 Å². The van der Waals surface area contributed by atoms with E-state index in [1.165, 1.54) is 11.8 Å². The van der Waals surface area contributed by atoms with E-state index >= 15 is 0 Å². The lowest BCUT2D eigenvalue weighted by molar-refractivity contribution is 0.0973. The summed E-state index contributed by atoms with van der Waals surface area (Å²) in [4.78, 5) is 15.7. The van der Waals surface area contributed by atoms with Gasteiger partial charge in [-0.05, 0) is 18.6 Å². The molecule has 84 valence electrons. The highest BCUT2D eigenvalue weighted by molar-refractivity contribution is 8.14. The van der Waals surface area contributed by atoms with Crippen molar-refractivity contribution in [3.8, 4) is 0 Å². The molecule has 16 heavy (non-hydrogen) atoms. The number of carbonyl (C=O) groups excluding carboxylic acids is 1. The van der Waals surface area contributed by atoms with Crippen LogP contribution in [0.15, 0.2) is 29.5 Å². The van der Waals surface area contributed by atoms with Crippen LogP contribution in [0.4, 0.5) is 0 Å². The molecule has 1 aliphatic heterocycles. The Morgan fingerprint density at radius 1 is 1.62 bits per heavy atom. The van der Waals surface area contributed by atoms with Crippen LogP contribution in [-0.2, 0) is 0 Å². The van der Waals surface area contributed by atoms with Gasteiger partial charge in [-0.1, -0.05) is 24.8 Å². The lowest BCUT2D eigenvalue weighted by atomic mass is 10.3. The molecular formula is C10H12N4OS. The number of carbonyl (C=O) groups is 1. The first-order valence-corrected chi connectivity index (χ1v) is 5.90. The van der Waals surface area contributed by atoms with Crippen LogP contribution in [0.2, 0.25) is 0 Å². The molecule has 1 atom stereocenters. The van der Waals surface area contributed by atoms with Crippen molar-refractivity contribution < 1.29 is 4.79 Å². The number of nitrogens with one attached hydrogen (secondary N) is 2. The van der Waals surface area contributed by atoms with Crippen LogP contribution < -0.4 is 10.7 Å². The molecule has 1 aromatic heterocycles. The van der Waals surface area contributed by atoms with Crippen molar-refractivity contribution in [3.63, 3.8) is 0 Å². The molecule has 5 nitrogen and oxygen atoms in total. The first-order valence-electron chi connectivity index (χ1n) is 5.02. The van der Waals surface area contributed by atoms with E-state index < -0.39 is 0 Å². The minimum absolute atomic E-state index is 0.231. The van der Waals surface area contributed by atoms with E-state index in [-0.39, 0.29) is 11.3 Å². The smallest absolute Gasteiger partial charge is 0.275 e. The summed E-state index contributed by atoms with van der Waals surface area (Å²) in [6, 6.07) is 5.21. The number of nitrogens with zero attached hydrogens (tertiary/aromatic N) is 2. The van der Waals surface area contributed by atoms with E-state index in [1.807, 2.05) is 0 Å². The third kappa shape index (κ3) is 2.52. The molecule has 0 saturated heterocycles. The van der Waals surface area contributed by atoms with Crippen molar-refractivity contribution in [1.29, 1.82) is 0 Å². The predicted octanol–water partition coefficient (Wildman–Crippen LogP) is 1.15. The van der Waals surface area contributed by atoms with E-state index in [9.17, 15) is 4.79 Å². The van der Waals surface area contributed by atoms with Gasteiger partial charge in [0.05, 0.1) is 5.37 Å². The second-order valence-corrected chi connectivity index (χ2v) is 4.42. The number of rotatable bonds is 2. The number of amides is 1. The third-order valence-electron chi connectivity index (χ3n) is 2.05.